The number of imide groups is 2. The van der Waals surface area contributed by atoms with Crippen molar-refractivity contribution in [2.45, 2.75) is 69.7 Å². The highest BCUT2D eigenvalue weighted by Gasteiger charge is 2.45. The van der Waals surface area contributed by atoms with Gasteiger partial charge in [-0.15, -0.1) is 0 Å². The maximum absolute atomic E-state index is 14.2. The summed E-state index contributed by atoms with van der Waals surface area (Å²) in [6.45, 7) is 8.83. The number of H-pyrrole nitrogens is 1. The number of piperazine rings is 1. The van der Waals surface area contributed by atoms with E-state index in [1.807, 2.05) is 18.2 Å². The van der Waals surface area contributed by atoms with Crippen molar-refractivity contribution in [3.05, 3.63) is 152 Å². The third-order valence-electron chi connectivity index (χ3n) is 16.6. The highest BCUT2D eigenvalue weighted by Crippen LogP contribution is 2.44. The van der Waals surface area contributed by atoms with Gasteiger partial charge in [0, 0.05) is 98.8 Å². The minimum atomic E-state index is -4.71. The second-order valence-corrected chi connectivity index (χ2v) is 25.3. The Morgan fingerprint density at radius 2 is 1.74 bits per heavy atom. The van der Waals surface area contributed by atoms with Gasteiger partial charge in [-0.05, 0) is 122 Å². The Kier molecular flexibility index (Phi) is 17.3. The molecule has 0 spiro atoms. The molecule has 4 aromatic carbocycles. The van der Waals surface area contributed by atoms with Gasteiger partial charge in [-0.2, -0.15) is 0 Å². The molecule has 450 valence electrons. The normalized spacial score (nSPS) is 18.9. The molecule has 3 fully saturated rings. The average Bonchev–Trinajstić information content (AvgIpc) is 2.13. The summed E-state index contributed by atoms with van der Waals surface area (Å²) in [7, 11) is -4.71. The van der Waals surface area contributed by atoms with E-state index < -0.39 is 61.1 Å². The number of benzene rings is 4. The number of aromatic nitrogens is 2. The number of halogens is 1. The Hall–Kier alpha value is -8.95. The number of nitrogens with one attached hydrogen (secondary N) is 4. The summed E-state index contributed by atoms with van der Waals surface area (Å²) in [6, 6.07) is 23.4. The summed E-state index contributed by atoms with van der Waals surface area (Å²) in [6.07, 6.45) is 7.65. The maximum Gasteiger partial charge on any atom is 0.293 e. The number of ether oxygens (including phenoxy) is 2. The topological polar surface area (TPSA) is 276 Å². The first-order chi connectivity index (χ1) is 41.8. The first kappa shape index (κ1) is 59.8. The fraction of sp³-hybridized carbons (Fsp3) is 0.349. The van der Waals surface area contributed by atoms with E-state index in [4.69, 9.17) is 21.1 Å². The fourth-order valence-electron chi connectivity index (χ4n) is 11.9. The third kappa shape index (κ3) is 13.4. The van der Waals surface area contributed by atoms with Crippen LogP contribution < -0.4 is 25.0 Å². The molecule has 24 heteroatoms. The fourth-order valence-corrected chi connectivity index (χ4v) is 13.1. The van der Waals surface area contributed by atoms with Crippen LogP contribution in [-0.2, 0) is 29.1 Å². The van der Waals surface area contributed by atoms with Crippen molar-refractivity contribution in [1.29, 1.82) is 0 Å². The number of likely N-dealkylation sites (tertiary alicyclic amines) is 1. The largest absolute Gasteiger partial charge is 0.455 e. The molecular weight excluding hydrogens is 1160 g/mol. The summed E-state index contributed by atoms with van der Waals surface area (Å²) in [5, 5.41) is 19.2. The van der Waals surface area contributed by atoms with Crippen LogP contribution in [0.1, 0.15) is 101 Å². The van der Waals surface area contributed by atoms with Crippen LogP contribution in [0.2, 0.25) is 5.02 Å². The summed E-state index contributed by atoms with van der Waals surface area (Å²) in [4.78, 5) is 104. The molecule has 1 aliphatic carbocycles. The number of nitro groups is 1. The Bertz CT molecular complexity index is 3980. The lowest BCUT2D eigenvalue weighted by atomic mass is 9.72. The van der Waals surface area contributed by atoms with Crippen molar-refractivity contribution in [1.82, 2.24) is 34.7 Å². The predicted octanol–water partition coefficient (Wildman–Crippen LogP) is 7.94. The summed E-state index contributed by atoms with van der Waals surface area (Å²) < 4.78 is 42.0. The van der Waals surface area contributed by atoms with Crippen molar-refractivity contribution in [3.63, 3.8) is 0 Å². The number of pyridine rings is 1. The molecule has 2 atom stereocenters. The average molecular weight is 1220 g/mol. The molecule has 6 aromatic rings. The molecule has 0 radical (unpaired) electrons. The first-order valence-electron chi connectivity index (χ1n) is 28.7. The second-order valence-electron chi connectivity index (χ2n) is 23.1. The first-order valence-corrected chi connectivity index (χ1v) is 30.6. The molecule has 11 rings (SSSR count). The SMILES string of the molecule is CC1(C)CCC(CN2CCN(c3ccc(C(=O)NS(=O)(=O)c4ccc(NCC5CCCN(C(=O)COCC#Cc6cccc7c6C(=O)N(C6CCC(=O)NC6=O)C7=O)C5)c([N+](=O)[O-])c4)c(Oc4cnc5[nH]ccc5c4)c3)CC2)=C(c2ccc(Cl)cc2)C1. The lowest BCUT2D eigenvalue weighted by Gasteiger charge is -2.39. The van der Waals surface area contributed by atoms with Crippen LogP contribution in [0.25, 0.3) is 16.6 Å². The number of aromatic amines is 1. The van der Waals surface area contributed by atoms with Gasteiger partial charge in [0.25, 0.3) is 33.4 Å². The molecule has 22 nitrogen and oxygen atoms in total. The van der Waals surface area contributed by atoms with E-state index in [0.717, 1.165) is 60.9 Å². The monoisotopic (exact) mass is 1220 g/mol. The van der Waals surface area contributed by atoms with Gasteiger partial charge in [-0.3, -0.25) is 54.0 Å². The molecule has 6 amide bonds. The number of carbonyl (C=O) groups is 6. The standard InChI is InChI=1S/C63H63ClN10O12S/c1-63(2)22-20-43(50(33-63)40-10-12-44(64)13-11-40)37-70-25-27-71(28-26-70)45-14-16-48(54(31-45)86-46-30-42-21-23-65-58(42)67-35-46)59(77)69-87(83,84)47-15-17-51(53(32-47)74(81)82)66-34-39-6-4-24-72(36-39)56(76)38-85-29-5-8-41-7-3-9-49-57(41)62(80)73(61(49)79)52-18-19-55(75)68-60(52)78/h3,7,9-17,21,23,30-32,35,39,52,66H,4,6,18-20,22,24-29,33-34,36-38H2,1-2H3,(H,65,67)(H,69,77)(H,68,75,78). The van der Waals surface area contributed by atoms with Crippen molar-refractivity contribution >= 4 is 90.7 Å². The van der Waals surface area contributed by atoms with Gasteiger partial charge >= 0.3 is 0 Å². The molecule has 2 unspecified atom stereocenters. The minimum Gasteiger partial charge on any atom is -0.455 e. The molecule has 0 saturated carbocycles. The summed E-state index contributed by atoms with van der Waals surface area (Å²) in [5.41, 5.74) is 5.35. The number of nitro benzene ring substituents is 1. The minimum absolute atomic E-state index is 0.0124. The van der Waals surface area contributed by atoms with E-state index in [1.165, 1.54) is 47.2 Å². The highest BCUT2D eigenvalue weighted by atomic mass is 35.5. The quantitative estimate of drug-likeness (QED) is 0.0222. The number of fused-ring (bicyclic) bond motifs is 2. The smallest absolute Gasteiger partial charge is 0.293 e. The van der Waals surface area contributed by atoms with E-state index in [0.29, 0.717) is 55.4 Å². The van der Waals surface area contributed by atoms with Crippen LogP contribution in [-0.4, -0.2) is 145 Å². The second kappa shape index (κ2) is 25.2. The highest BCUT2D eigenvalue weighted by molar-refractivity contribution is 7.90. The van der Waals surface area contributed by atoms with Crippen LogP contribution in [0.4, 0.5) is 17.1 Å². The number of sulfonamides is 1. The Labute approximate surface area is 506 Å². The van der Waals surface area contributed by atoms with Crippen LogP contribution in [0, 0.1) is 33.3 Å². The number of anilines is 2. The number of hydrogen-bond acceptors (Lipinski definition) is 16. The summed E-state index contributed by atoms with van der Waals surface area (Å²) in [5.74, 6) is 1.94. The molecule has 87 heavy (non-hydrogen) atoms. The van der Waals surface area contributed by atoms with Crippen LogP contribution in [0.3, 0.4) is 0 Å². The number of allylic oxidation sites excluding steroid dienone is 1. The molecule has 5 aliphatic rings. The van der Waals surface area contributed by atoms with E-state index in [9.17, 15) is 47.3 Å². The molecule has 0 bridgehead atoms. The zero-order valence-electron chi connectivity index (χ0n) is 47.9. The van der Waals surface area contributed by atoms with Crippen LogP contribution >= 0.6 is 11.6 Å². The predicted molar refractivity (Wildman–Crippen MR) is 324 cm³/mol. The van der Waals surface area contributed by atoms with Crippen LogP contribution in [0.15, 0.2) is 114 Å². The van der Waals surface area contributed by atoms with Gasteiger partial charge in [-0.1, -0.05) is 61.1 Å². The molecule has 3 saturated heterocycles. The van der Waals surface area contributed by atoms with E-state index in [-0.39, 0.29) is 83.5 Å². The number of hydrogen-bond donors (Lipinski definition) is 4. The van der Waals surface area contributed by atoms with E-state index in [1.54, 1.807) is 41.4 Å². The number of rotatable bonds is 17. The van der Waals surface area contributed by atoms with Crippen molar-refractivity contribution < 1.29 is 51.6 Å². The van der Waals surface area contributed by atoms with E-state index >= 15 is 0 Å². The molecule has 2 aromatic heterocycles. The van der Waals surface area contributed by atoms with E-state index in [2.05, 4.69) is 72.9 Å². The van der Waals surface area contributed by atoms with Gasteiger partial charge in [0.15, 0.2) is 0 Å². The number of piperidine rings is 2. The van der Waals surface area contributed by atoms with Crippen LogP contribution in [0.5, 0.6) is 11.5 Å². The summed E-state index contributed by atoms with van der Waals surface area (Å²) >= 11 is 6.27. The molecular formula is C63H63ClN10O12S. The zero-order valence-corrected chi connectivity index (χ0v) is 49.4. The Morgan fingerprint density at radius 1 is 0.931 bits per heavy atom. The third-order valence-corrected chi connectivity index (χ3v) is 18.2. The number of amides is 6. The molecule has 4 N–H and O–H groups in total. The number of carbonyl (C=O) groups excluding carboxylic acids is 6. The lowest BCUT2D eigenvalue weighted by Crippen LogP contribution is -2.54. The number of nitrogens with zero attached hydrogens (tertiary/aromatic N) is 6. The van der Waals surface area contributed by atoms with Crippen molar-refractivity contribution in [3.8, 4) is 23.3 Å². The molecule has 6 heterocycles. The Morgan fingerprint density at radius 3 is 2.52 bits per heavy atom. The van der Waals surface area contributed by atoms with Gasteiger partial charge in [0.1, 0.15) is 42.1 Å². The molecule has 4 aliphatic heterocycles. The van der Waals surface area contributed by atoms with Gasteiger partial charge in [-0.25, -0.2) is 18.1 Å². The lowest BCUT2D eigenvalue weighted by molar-refractivity contribution is -0.384. The van der Waals surface area contributed by atoms with Crippen molar-refractivity contribution in [2.75, 3.05) is 75.8 Å². The zero-order chi connectivity index (χ0) is 61.1. The van der Waals surface area contributed by atoms with Crippen molar-refractivity contribution in [2.24, 2.45) is 11.3 Å². The maximum atomic E-state index is 14.2. The Balaban J connectivity index is 0.707. The van der Waals surface area contributed by atoms with Gasteiger partial charge in [0.05, 0.1) is 32.7 Å². The van der Waals surface area contributed by atoms with Gasteiger partial charge < -0.3 is 29.6 Å². The van der Waals surface area contributed by atoms with Gasteiger partial charge in [0.2, 0.25) is 17.7 Å².